The van der Waals surface area contributed by atoms with Gasteiger partial charge < -0.3 is 15.2 Å². The van der Waals surface area contributed by atoms with E-state index >= 15 is 0 Å². The predicted octanol–water partition coefficient (Wildman–Crippen LogP) is 2.26. The van der Waals surface area contributed by atoms with Crippen molar-refractivity contribution < 1.29 is 0 Å². The van der Waals surface area contributed by atoms with Crippen LogP contribution in [0.5, 0.6) is 0 Å². The van der Waals surface area contributed by atoms with Crippen LogP contribution in [0, 0.1) is 6.92 Å². The summed E-state index contributed by atoms with van der Waals surface area (Å²) in [5.74, 6) is 0.982. The van der Waals surface area contributed by atoms with Crippen LogP contribution in [0.25, 0.3) is 0 Å². The number of nitrogens with one attached hydrogen (secondary N) is 2. The molecule has 0 radical (unpaired) electrons. The van der Waals surface area contributed by atoms with Gasteiger partial charge in [-0.15, -0.1) is 0 Å². The molecule has 0 fully saturated rings. The SMILES string of the molecule is Cc1ncc(CNCCCN2CCc3ccccc32)[nH]1. The smallest absolute Gasteiger partial charge is 0.103 e. The van der Waals surface area contributed by atoms with Gasteiger partial charge in [-0.1, -0.05) is 18.2 Å². The second-order valence-electron chi connectivity index (χ2n) is 5.39. The Balaban J connectivity index is 1.39. The Morgan fingerprint density at radius 1 is 1.35 bits per heavy atom. The van der Waals surface area contributed by atoms with Crippen LogP contribution in [0.1, 0.15) is 23.5 Å². The predicted molar refractivity (Wildman–Crippen MR) is 82.0 cm³/mol. The highest BCUT2D eigenvalue weighted by Crippen LogP contribution is 2.27. The van der Waals surface area contributed by atoms with Crippen molar-refractivity contribution in [1.82, 2.24) is 15.3 Å². The second-order valence-corrected chi connectivity index (χ2v) is 5.39. The van der Waals surface area contributed by atoms with Gasteiger partial charge in [-0.25, -0.2) is 4.98 Å². The molecular weight excluding hydrogens is 248 g/mol. The molecule has 0 spiro atoms. The summed E-state index contributed by atoms with van der Waals surface area (Å²) >= 11 is 0. The van der Waals surface area contributed by atoms with E-state index in [2.05, 4.69) is 44.5 Å². The molecule has 4 nitrogen and oxygen atoms in total. The zero-order chi connectivity index (χ0) is 13.8. The first kappa shape index (κ1) is 13.2. The zero-order valence-corrected chi connectivity index (χ0v) is 12.0. The largest absolute Gasteiger partial charge is 0.371 e. The van der Waals surface area contributed by atoms with Crippen molar-refractivity contribution in [3.8, 4) is 0 Å². The third-order valence-corrected chi connectivity index (χ3v) is 3.84. The van der Waals surface area contributed by atoms with Crippen molar-refractivity contribution >= 4 is 5.69 Å². The summed E-state index contributed by atoms with van der Waals surface area (Å²) in [5.41, 5.74) is 4.08. The maximum Gasteiger partial charge on any atom is 0.103 e. The molecular formula is C16H22N4. The number of imidazole rings is 1. The number of para-hydroxylation sites is 1. The number of fused-ring (bicyclic) bond motifs is 1. The van der Waals surface area contributed by atoms with Gasteiger partial charge in [-0.05, 0) is 37.9 Å². The average molecular weight is 270 g/mol. The van der Waals surface area contributed by atoms with E-state index in [0.717, 1.165) is 31.2 Å². The van der Waals surface area contributed by atoms with Gasteiger partial charge in [0.05, 0.1) is 0 Å². The molecule has 106 valence electrons. The van der Waals surface area contributed by atoms with Gasteiger partial charge in [0.2, 0.25) is 0 Å². The Kier molecular flexibility index (Phi) is 4.02. The molecule has 0 unspecified atom stereocenters. The maximum atomic E-state index is 4.20. The molecule has 1 aromatic carbocycles. The van der Waals surface area contributed by atoms with Crippen molar-refractivity contribution in [3.05, 3.63) is 47.5 Å². The van der Waals surface area contributed by atoms with Gasteiger partial charge in [-0.3, -0.25) is 0 Å². The Labute approximate surface area is 120 Å². The highest BCUT2D eigenvalue weighted by Gasteiger charge is 2.17. The van der Waals surface area contributed by atoms with E-state index in [4.69, 9.17) is 0 Å². The van der Waals surface area contributed by atoms with E-state index in [1.807, 2.05) is 13.1 Å². The van der Waals surface area contributed by atoms with Crippen LogP contribution < -0.4 is 10.2 Å². The summed E-state index contributed by atoms with van der Waals surface area (Å²) in [4.78, 5) is 9.93. The lowest BCUT2D eigenvalue weighted by molar-refractivity contribution is 0.632. The number of rotatable bonds is 6. The van der Waals surface area contributed by atoms with Crippen LogP contribution in [0.15, 0.2) is 30.5 Å². The number of aromatic amines is 1. The third kappa shape index (κ3) is 3.02. The molecule has 2 heterocycles. The van der Waals surface area contributed by atoms with Crippen molar-refractivity contribution in [1.29, 1.82) is 0 Å². The van der Waals surface area contributed by atoms with Gasteiger partial charge in [0, 0.05) is 37.2 Å². The quantitative estimate of drug-likeness (QED) is 0.791. The van der Waals surface area contributed by atoms with Crippen molar-refractivity contribution in [2.45, 2.75) is 26.3 Å². The molecule has 0 aliphatic carbocycles. The summed E-state index contributed by atoms with van der Waals surface area (Å²) < 4.78 is 0. The minimum atomic E-state index is 0.872. The minimum Gasteiger partial charge on any atom is -0.371 e. The molecule has 0 saturated carbocycles. The number of hydrogen-bond acceptors (Lipinski definition) is 3. The fourth-order valence-electron chi connectivity index (χ4n) is 2.82. The standard InChI is InChI=1S/C16H22N4/c1-13-18-12-15(19-13)11-17-8-4-9-20-10-7-14-5-2-3-6-16(14)20/h2-3,5-6,12,17H,4,7-11H2,1H3,(H,18,19). The lowest BCUT2D eigenvalue weighted by atomic mass is 10.2. The first-order valence-corrected chi connectivity index (χ1v) is 7.37. The second kappa shape index (κ2) is 6.09. The van der Waals surface area contributed by atoms with Gasteiger partial charge in [0.25, 0.3) is 0 Å². The fraction of sp³-hybridized carbons (Fsp3) is 0.438. The van der Waals surface area contributed by atoms with Gasteiger partial charge in [0.15, 0.2) is 0 Å². The third-order valence-electron chi connectivity index (χ3n) is 3.84. The van der Waals surface area contributed by atoms with Crippen LogP contribution >= 0.6 is 0 Å². The molecule has 2 aromatic rings. The van der Waals surface area contributed by atoms with Crippen LogP contribution in [0.2, 0.25) is 0 Å². The lowest BCUT2D eigenvalue weighted by Gasteiger charge is -2.19. The number of benzene rings is 1. The summed E-state index contributed by atoms with van der Waals surface area (Å²) in [6, 6.07) is 8.75. The van der Waals surface area contributed by atoms with Crippen molar-refractivity contribution in [2.75, 3.05) is 24.5 Å². The highest BCUT2D eigenvalue weighted by atomic mass is 15.1. The summed E-state index contributed by atoms with van der Waals surface area (Å²) in [6.07, 6.45) is 4.26. The Morgan fingerprint density at radius 2 is 2.25 bits per heavy atom. The Bertz CT molecular complexity index is 561. The monoisotopic (exact) mass is 270 g/mol. The van der Waals surface area contributed by atoms with Crippen LogP contribution in [-0.2, 0) is 13.0 Å². The number of aryl methyl sites for hydroxylation is 1. The van der Waals surface area contributed by atoms with Crippen molar-refractivity contribution in [3.63, 3.8) is 0 Å². The van der Waals surface area contributed by atoms with Gasteiger partial charge >= 0.3 is 0 Å². The molecule has 1 aromatic heterocycles. The maximum absolute atomic E-state index is 4.20. The van der Waals surface area contributed by atoms with E-state index < -0.39 is 0 Å². The van der Waals surface area contributed by atoms with Crippen LogP contribution in [0.3, 0.4) is 0 Å². The van der Waals surface area contributed by atoms with E-state index in [-0.39, 0.29) is 0 Å². The summed E-state index contributed by atoms with van der Waals surface area (Å²) in [5, 5.41) is 3.47. The molecule has 0 saturated heterocycles. The molecule has 4 heteroatoms. The topological polar surface area (TPSA) is 44.0 Å². The van der Waals surface area contributed by atoms with Gasteiger partial charge in [-0.2, -0.15) is 0 Å². The number of anilines is 1. The average Bonchev–Trinajstić information content (AvgIpc) is 3.05. The molecule has 20 heavy (non-hydrogen) atoms. The van der Waals surface area contributed by atoms with Gasteiger partial charge in [0.1, 0.15) is 5.82 Å². The molecule has 0 atom stereocenters. The molecule has 3 rings (SSSR count). The molecule has 1 aliphatic heterocycles. The van der Waals surface area contributed by atoms with E-state index in [1.54, 1.807) is 0 Å². The van der Waals surface area contributed by atoms with Crippen molar-refractivity contribution in [2.24, 2.45) is 0 Å². The van der Waals surface area contributed by atoms with E-state index in [0.29, 0.717) is 0 Å². The summed E-state index contributed by atoms with van der Waals surface area (Å²) in [7, 11) is 0. The minimum absolute atomic E-state index is 0.872. The number of hydrogen-bond donors (Lipinski definition) is 2. The fourth-order valence-corrected chi connectivity index (χ4v) is 2.82. The number of nitrogens with zero attached hydrogens (tertiary/aromatic N) is 2. The molecule has 1 aliphatic rings. The molecule has 0 bridgehead atoms. The van der Waals surface area contributed by atoms with E-state index in [1.165, 1.54) is 30.6 Å². The van der Waals surface area contributed by atoms with Crippen LogP contribution in [-0.4, -0.2) is 29.6 Å². The summed E-state index contributed by atoms with van der Waals surface area (Å²) in [6.45, 7) is 6.19. The first-order chi connectivity index (χ1) is 9.83. The number of H-pyrrole nitrogens is 1. The zero-order valence-electron chi connectivity index (χ0n) is 12.0. The Morgan fingerprint density at radius 3 is 3.10 bits per heavy atom. The lowest BCUT2D eigenvalue weighted by Crippen LogP contribution is -2.25. The normalized spacial score (nSPS) is 13.8. The van der Waals surface area contributed by atoms with E-state index in [9.17, 15) is 0 Å². The van der Waals surface area contributed by atoms with Crippen LogP contribution in [0.4, 0.5) is 5.69 Å². The molecule has 2 N–H and O–H groups in total. The number of aromatic nitrogens is 2. The Hall–Kier alpha value is -1.81. The highest BCUT2D eigenvalue weighted by molar-refractivity contribution is 5.57. The molecule has 0 amide bonds. The first-order valence-electron chi connectivity index (χ1n) is 7.37.